The minimum absolute atomic E-state index is 0.477. The van der Waals surface area contributed by atoms with E-state index in [0.717, 1.165) is 18.7 Å². The number of nitrogens with zero attached hydrogens (tertiary/aromatic N) is 2. The van der Waals surface area contributed by atoms with E-state index < -0.39 is 6.10 Å². The molecule has 0 saturated carbocycles. The summed E-state index contributed by atoms with van der Waals surface area (Å²) in [6.45, 7) is 2.01. The Hall–Kier alpha value is -1.36. The van der Waals surface area contributed by atoms with Crippen LogP contribution in [-0.4, -0.2) is 28.0 Å². The molecule has 2 rings (SSSR count). The summed E-state index contributed by atoms with van der Waals surface area (Å²) in [6, 6.07) is 9.22. The third-order valence-corrected chi connectivity index (χ3v) is 3.02. The fourth-order valence-corrected chi connectivity index (χ4v) is 1.98. The number of nitrogens with one attached hydrogen (secondary N) is 1. The smallest absolute Gasteiger partial charge is 0.0928 e. The molecule has 0 radical (unpaired) electrons. The molecule has 2 aromatic rings. The maximum absolute atomic E-state index is 9.99. The van der Waals surface area contributed by atoms with Crippen LogP contribution in [0.1, 0.15) is 11.7 Å². The average Bonchev–Trinajstić information content (AvgIpc) is 2.88. The molecule has 5 heteroatoms. The van der Waals surface area contributed by atoms with Crippen LogP contribution in [0, 0.1) is 0 Å². The van der Waals surface area contributed by atoms with Gasteiger partial charge in [0.15, 0.2) is 0 Å². The molecule has 4 nitrogen and oxygen atoms in total. The highest BCUT2D eigenvalue weighted by atomic mass is 35.5. The molecule has 2 N–H and O–H groups in total. The van der Waals surface area contributed by atoms with Crippen molar-refractivity contribution in [3.05, 3.63) is 53.3 Å². The summed E-state index contributed by atoms with van der Waals surface area (Å²) < 4.78 is 1.84. The number of aromatic nitrogens is 2. The van der Waals surface area contributed by atoms with Crippen molar-refractivity contribution in [2.24, 2.45) is 0 Å². The highest BCUT2D eigenvalue weighted by Crippen LogP contribution is 2.21. The lowest BCUT2D eigenvalue weighted by molar-refractivity contribution is 0.174. The van der Waals surface area contributed by atoms with E-state index in [1.165, 1.54) is 0 Å². The van der Waals surface area contributed by atoms with Gasteiger partial charge in [0, 0.05) is 36.1 Å². The molecule has 0 bridgehead atoms. The van der Waals surface area contributed by atoms with E-state index in [2.05, 4.69) is 10.4 Å². The third kappa shape index (κ3) is 3.57. The SMILES string of the molecule is O[C@@H](CNCCn1cccn1)c1ccccc1Cl. The molecular weight excluding hydrogens is 250 g/mol. The molecule has 0 aliphatic heterocycles. The van der Waals surface area contributed by atoms with Gasteiger partial charge in [0.25, 0.3) is 0 Å². The molecule has 0 aliphatic rings. The van der Waals surface area contributed by atoms with Crippen molar-refractivity contribution in [1.29, 1.82) is 0 Å². The van der Waals surface area contributed by atoms with Crippen LogP contribution in [0.2, 0.25) is 5.02 Å². The monoisotopic (exact) mass is 265 g/mol. The van der Waals surface area contributed by atoms with Gasteiger partial charge < -0.3 is 10.4 Å². The summed E-state index contributed by atoms with van der Waals surface area (Å²) in [6.07, 6.45) is 3.07. The van der Waals surface area contributed by atoms with Crippen molar-refractivity contribution in [3.63, 3.8) is 0 Å². The van der Waals surface area contributed by atoms with Crippen molar-refractivity contribution in [2.75, 3.05) is 13.1 Å². The van der Waals surface area contributed by atoms with E-state index in [1.807, 2.05) is 35.1 Å². The summed E-state index contributed by atoms with van der Waals surface area (Å²) >= 11 is 6.01. The zero-order valence-corrected chi connectivity index (χ0v) is 10.7. The summed E-state index contributed by atoms with van der Waals surface area (Å²) in [5, 5.41) is 17.9. The van der Waals surface area contributed by atoms with Crippen LogP contribution < -0.4 is 5.32 Å². The third-order valence-electron chi connectivity index (χ3n) is 2.68. The Bertz CT molecular complexity index is 473. The molecular formula is C13H16ClN3O. The normalized spacial score (nSPS) is 12.6. The maximum atomic E-state index is 9.99. The Morgan fingerprint density at radius 3 is 2.89 bits per heavy atom. The predicted octanol–water partition coefficient (Wildman–Crippen LogP) is 1.86. The van der Waals surface area contributed by atoms with Gasteiger partial charge in [-0.25, -0.2) is 0 Å². The Kier molecular flexibility index (Phi) is 4.75. The highest BCUT2D eigenvalue weighted by molar-refractivity contribution is 6.31. The van der Waals surface area contributed by atoms with E-state index in [1.54, 1.807) is 12.3 Å². The van der Waals surface area contributed by atoms with Gasteiger partial charge in [0.1, 0.15) is 0 Å². The summed E-state index contributed by atoms with van der Waals surface area (Å²) in [5.41, 5.74) is 0.755. The Morgan fingerprint density at radius 1 is 1.33 bits per heavy atom. The van der Waals surface area contributed by atoms with Crippen molar-refractivity contribution < 1.29 is 5.11 Å². The summed E-state index contributed by atoms with van der Waals surface area (Å²) in [5.74, 6) is 0. The van der Waals surface area contributed by atoms with Crippen molar-refractivity contribution >= 4 is 11.6 Å². The first-order chi connectivity index (χ1) is 8.77. The minimum atomic E-state index is -0.587. The van der Waals surface area contributed by atoms with Gasteiger partial charge in [-0.1, -0.05) is 29.8 Å². The average molecular weight is 266 g/mol. The van der Waals surface area contributed by atoms with E-state index in [-0.39, 0.29) is 0 Å². The first-order valence-electron chi connectivity index (χ1n) is 5.88. The van der Waals surface area contributed by atoms with Gasteiger partial charge >= 0.3 is 0 Å². The van der Waals surface area contributed by atoms with Crippen molar-refractivity contribution in [2.45, 2.75) is 12.6 Å². The second-order valence-corrected chi connectivity index (χ2v) is 4.42. The number of aliphatic hydroxyl groups is 1. The fraction of sp³-hybridized carbons (Fsp3) is 0.308. The molecule has 1 aromatic heterocycles. The molecule has 96 valence electrons. The standard InChI is InChI=1S/C13H16ClN3O/c14-12-5-2-1-4-11(12)13(18)10-15-7-9-17-8-3-6-16-17/h1-6,8,13,15,18H,7,9-10H2/t13-/m0/s1. The Balaban J connectivity index is 1.75. The number of aliphatic hydroxyl groups excluding tert-OH is 1. The molecule has 0 saturated heterocycles. The van der Waals surface area contributed by atoms with Crippen LogP contribution in [0.4, 0.5) is 0 Å². The van der Waals surface area contributed by atoms with Gasteiger partial charge in [-0.2, -0.15) is 5.10 Å². The van der Waals surface area contributed by atoms with E-state index in [9.17, 15) is 5.11 Å². The fourth-order valence-electron chi connectivity index (χ4n) is 1.72. The molecule has 1 atom stereocenters. The molecule has 0 spiro atoms. The molecule has 1 aromatic carbocycles. The second kappa shape index (κ2) is 6.54. The lowest BCUT2D eigenvalue weighted by Gasteiger charge is -2.13. The number of hydrogen-bond acceptors (Lipinski definition) is 3. The van der Waals surface area contributed by atoms with Crippen LogP contribution in [0.25, 0.3) is 0 Å². The zero-order valence-electron chi connectivity index (χ0n) is 9.96. The molecule has 0 aliphatic carbocycles. The number of rotatable bonds is 6. The first kappa shape index (κ1) is 13.1. The van der Waals surface area contributed by atoms with Gasteiger partial charge in [-0.3, -0.25) is 4.68 Å². The Morgan fingerprint density at radius 2 is 2.17 bits per heavy atom. The van der Waals surface area contributed by atoms with Gasteiger partial charge in [-0.15, -0.1) is 0 Å². The summed E-state index contributed by atoms with van der Waals surface area (Å²) in [4.78, 5) is 0. The lowest BCUT2D eigenvalue weighted by Crippen LogP contribution is -2.25. The number of hydrogen-bond donors (Lipinski definition) is 2. The van der Waals surface area contributed by atoms with Gasteiger partial charge in [0.05, 0.1) is 12.6 Å². The highest BCUT2D eigenvalue weighted by Gasteiger charge is 2.09. The topological polar surface area (TPSA) is 50.1 Å². The van der Waals surface area contributed by atoms with Crippen LogP contribution in [-0.2, 0) is 6.54 Å². The van der Waals surface area contributed by atoms with Gasteiger partial charge in [-0.05, 0) is 12.1 Å². The maximum Gasteiger partial charge on any atom is 0.0928 e. The molecule has 18 heavy (non-hydrogen) atoms. The predicted molar refractivity (Wildman–Crippen MR) is 71.5 cm³/mol. The summed E-state index contributed by atoms with van der Waals surface area (Å²) in [7, 11) is 0. The van der Waals surface area contributed by atoms with E-state index >= 15 is 0 Å². The number of halogens is 1. The number of benzene rings is 1. The van der Waals surface area contributed by atoms with Crippen molar-refractivity contribution in [3.8, 4) is 0 Å². The van der Waals surface area contributed by atoms with Crippen LogP contribution in [0.15, 0.2) is 42.7 Å². The molecule has 1 heterocycles. The molecule has 0 fully saturated rings. The largest absolute Gasteiger partial charge is 0.387 e. The molecule has 0 unspecified atom stereocenters. The van der Waals surface area contributed by atoms with Crippen LogP contribution in [0.3, 0.4) is 0 Å². The van der Waals surface area contributed by atoms with Gasteiger partial charge in [0.2, 0.25) is 0 Å². The van der Waals surface area contributed by atoms with Crippen molar-refractivity contribution in [1.82, 2.24) is 15.1 Å². The van der Waals surface area contributed by atoms with E-state index in [4.69, 9.17) is 11.6 Å². The lowest BCUT2D eigenvalue weighted by atomic mass is 10.1. The van der Waals surface area contributed by atoms with Crippen LogP contribution in [0.5, 0.6) is 0 Å². The second-order valence-electron chi connectivity index (χ2n) is 4.01. The van der Waals surface area contributed by atoms with E-state index in [0.29, 0.717) is 11.6 Å². The Labute approximate surface area is 111 Å². The van der Waals surface area contributed by atoms with Crippen LogP contribution >= 0.6 is 11.6 Å². The minimum Gasteiger partial charge on any atom is -0.387 e. The zero-order chi connectivity index (χ0) is 12.8. The first-order valence-corrected chi connectivity index (χ1v) is 6.26. The quantitative estimate of drug-likeness (QED) is 0.784. The molecule has 0 amide bonds.